The first kappa shape index (κ1) is 21.7. The molecule has 0 aliphatic rings. The fourth-order valence-electron chi connectivity index (χ4n) is 2.94. The lowest BCUT2D eigenvalue weighted by atomic mass is 10.0. The molecule has 3 rings (SSSR count). The molecule has 1 atom stereocenters. The second-order valence-electron chi connectivity index (χ2n) is 6.95. The topological polar surface area (TPSA) is 80.3 Å². The lowest BCUT2D eigenvalue weighted by Crippen LogP contribution is -2.31. The third-order valence-corrected chi connectivity index (χ3v) is 9.61. The van der Waals surface area contributed by atoms with Crippen molar-refractivity contribution in [1.29, 1.82) is 0 Å². The second-order valence-corrected chi connectivity index (χ2v) is 12.0. The predicted molar refractivity (Wildman–Crippen MR) is 116 cm³/mol. The van der Waals surface area contributed by atoms with Crippen LogP contribution in [0.4, 0.5) is 0 Å². The Balaban J connectivity index is 1.89. The van der Waals surface area contributed by atoms with Gasteiger partial charge in [-0.3, -0.25) is 0 Å². The number of sulfonamides is 1. The number of hydrogen-bond acceptors (Lipinski definition) is 5. The van der Waals surface area contributed by atoms with Gasteiger partial charge < -0.3 is 0 Å². The average Bonchev–Trinajstić information content (AvgIpc) is 3.24. The summed E-state index contributed by atoms with van der Waals surface area (Å²) in [6, 6.07) is 18.5. The first-order valence-corrected chi connectivity index (χ1v) is 13.0. The summed E-state index contributed by atoms with van der Waals surface area (Å²) in [5.74, 6) is 0.290. The molecule has 0 radical (unpaired) electrons. The van der Waals surface area contributed by atoms with Crippen molar-refractivity contribution in [3.8, 4) is 0 Å². The standard InChI is InChI=1S/C21H23NO4S3/c1-16(2)17-10-12-19(13-11-17)29(25,26)22-15-20(18-7-4-3-5-8-18)28(23,24)21-9-6-14-27-21/h3-14,16,20,22H,15H2,1-2H3/t20-/m0/s1. The molecule has 0 aliphatic heterocycles. The minimum absolute atomic E-state index is 0.113. The van der Waals surface area contributed by atoms with Crippen LogP contribution < -0.4 is 4.72 Å². The Kier molecular flexibility index (Phi) is 6.58. The molecule has 2 aromatic carbocycles. The van der Waals surface area contributed by atoms with Gasteiger partial charge in [-0.15, -0.1) is 11.3 Å². The van der Waals surface area contributed by atoms with Crippen molar-refractivity contribution in [3.05, 3.63) is 83.2 Å². The Labute approximate surface area is 176 Å². The van der Waals surface area contributed by atoms with Crippen LogP contribution in [0.5, 0.6) is 0 Å². The normalized spacial score (nSPS) is 13.5. The van der Waals surface area contributed by atoms with E-state index in [1.165, 1.54) is 6.07 Å². The van der Waals surface area contributed by atoms with Gasteiger partial charge in [0.15, 0.2) is 9.84 Å². The minimum Gasteiger partial charge on any atom is -0.222 e. The van der Waals surface area contributed by atoms with E-state index in [4.69, 9.17) is 0 Å². The average molecular weight is 450 g/mol. The van der Waals surface area contributed by atoms with Gasteiger partial charge in [-0.05, 0) is 40.6 Å². The summed E-state index contributed by atoms with van der Waals surface area (Å²) in [5, 5.41) is 0.669. The molecule has 0 spiro atoms. The molecule has 29 heavy (non-hydrogen) atoms. The zero-order chi connectivity index (χ0) is 21.1. The third kappa shape index (κ3) is 4.95. The summed E-state index contributed by atoms with van der Waals surface area (Å²) in [5.41, 5.74) is 1.57. The fourth-order valence-corrected chi connectivity index (χ4v) is 6.96. The summed E-state index contributed by atoms with van der Waals surface area (Å²) in [6.07, 6.45) is 0. The molecule has 1 aromatic heterocycles. The maximum absolute atomic E-state index is 13.1. The molecule has 0 aliphatic carbocycles. The van der Waals surface area contributed by atoms with E-state index in [-0.39, 0.29) is 21.6 Å². The van der Waals surface area contributed by atoms with Crippen LogP contribution in [0.15, 0.2) is 81.2 Å². The molecule has 154 valence electrons. The molecule has 0 unspecified atom stereocenters. The number of hydrogen-bond donors (Lipinski definition) is 1. The molecule has 0 bridgehead atoms. The van der Waals surface area contributed by atoms with Gasteiger partial charge in [0.25, 0.3) is 0 Å². The lowest BCUT2D eigenvalue weighted by molar-refractivity contribution is 0.569. The highest BCUT2D eigenvalue weighted by atomic mass is 32.2. The summed E-state index contributed by atoms with van der Waals surface area (Å²) in [7, 11) is -7.59. The minimum atomic E-state index is -3.85. The van der Waals surface area contributed by atoms with Gasteiger partial charge in [-0.2, -0.15) is 0 Å². The van der Waals surface area contributed by atoms with Gasteiger partial charge in [0.05, 0.1) is 4.90 Å². The molecule has 0 amide bonds. The highest BCUT2D eigenvalue weighted by Gasteiger charge is 2.31. The number of thiophene rings is 1. The predicted octanol–water partition coefficient (Wildman–Crippen LogP) is 4.37. The highest BCUT2D eigenvalue weighted by molar-refractivity contribution is 7.93. The second kappa shape index (κ2) is 8.79. The number of benzene rings is 2. The Morgan fingerprint density at radius 3 is 2.03 bits per heavy atom. The number of rotatable bonds is 8. The highest BCUT2D eigenvalue weighted by Crippen LogP contribution is 2.31. The van der Waals surface area contributed by atoms with Crippen molar-refractivity contribution in [2.75, 3.05) is 6.54 Å². The Hall–Kier alpha value is -2.00. The zero-order valence-corrected chi connectivity index (χ0v) is 18.6. The molecule has 0 fully saturated rings. The molecule has 1 heterocycles. The molecule has 0 saturated carbocycles. The summed E-state index contributed by atoms with van der Waals surface area (Å²) in [4.78, 5) is 0.113. The van der Waals surface area contributed by atoms with Crippen molar-refractivity contribution in [2.45, 2.75) is 34.1 Å². The van der Waals surface area contributed by atoms with Crippen LogP contribution in [0.3, 0.4) is 0 Å². The first-order valence-electron chi connectivity index (χ1n) is 9.14. The molecule has 5 nitrogen and oxygen atoms in total. The Morgan fingerprint density at radius 2 is 1.48 bits per heavy atom. The van der Waals surface area contributed by atoms with Crippen LogP contribution in [0.25, 0.3) is 0 Å². The molecular formula is C21H23NO4S3. The smallest absolute Gasteiger partial charge is 0.222 e. The Bertz CT molecular complexity index is 1140. The number of sulfone groups is 1. The van der Waals surface area contributed by atoms with Crippen LogP contribution in [0.2, 0.25) is 0 Å². The SMILES string of the molecule is CC(C)c1ccc(S(=O)(=O)NC[C@@H](c2ccccc2)S(=O)(=O)c2cccs2)cc1. The quantitative estimate of drug-likeness (QED) is 0.554. The van der Waals surface area contributed by atoms with Crippen LogP contribution >= 0.6 is 11.3 Å². The largest absolute Gasteiger partial charge is 0.240 e. The maximum atomic E-state index is 13.1. The molecule has 8 heteroatoms. The van der Waals surface area contributed by atoms with Gasteiger partial charge in [-0.1, -0.05) is 62.4 Å². The molecular weight excluding hydrogens is 426 g/mol. The van der Waals surface area contributed by atoms with Crippen LogP contribution in [0, 0.1) is 0 Å². The zero-order valence-electron chi connectivity index (χ0n) is 16.1. The number of nitrogens with one attached hydrogen (secondary N) is 1. The lowest BCUT2D eigenvalue weighted by Gasteiger charge is -2.18. The maximum Gasteiger partial charge on any atom is 0.240 e. The van der Waals surface area contributed by atoms with Crippen molar-refractivity contribution >= 4 is 31.2 Å². The van der Waals surface area contributed by atoms with Crippen molar-refractivity contribution in [3.63, 3.8) is 0 Å². The van der Waals surface area contributed by atoms with E-state index in [1.807, 2.05) is 13.8 Å². The van der Waals surface area contributed by atoms with E-state index >= 15 is 0 Å². The van der Waals surface area contributed by atoms with Gasteiger partial charge in [0.2, 0.25) is 10.0 Å². The van der Waals surface area contributed by atoms with Crippen molar-refractivity contribution in [1.82, 2.24) is 4.72 Å². The third-order valence-electron chi connectivity index (χ3n) is 4.64. The van der Waals surface area contributed by atoms with Gasteiger partial charge >= 0.3 is 0 Å². The van der Waals surface area contributed by atoms with E-state index in [0.29, 0.717) is 5.56 Å². The van der Waals surface area contributed by atoms with Crippen molar-refractivity contribution in [2.24, 2.45) is 0 Å². The van der Waals surface area contributed by atoms with E-state index in [0.717, 1.165) is 16.9 Å². The fraction of sp³-hybridized carbons (Fsp3) is 0.238. The molecule has 1 N–H and O–H groups in total. The summed E-state index contributed by atoms with van der Waals surface area (Å²) < 4.78 is 54.5. The van der Waals surface area contributed by atoms with Gasteiger partial charge in [0, 0.05) is 6.54 Å². The summed E-state index contributed by atoms with van der Waals surface area (Å²) in [6.45, 7) is 3.81. The molecule has 0 saturated heterocycles. The Morgan fingerprint density at radius 1 is 0.828 bits per heavy atom. The van der Waals surface area contributed by atoms with E-state index in [1.54, 1.807) is 66.0 Å². The van der Waals surface area contributed by atoms with Crippen LogP contribution in [-0.4, -0.2) is 23.4 Å². The summed E-state index contributed by atoms with van der Waals surface area (Å²) >= 11 is 1.12. The molecule has 3 aromatic rings. The van der Waals surface area contributed by atoms with E-state index in [9.17, 15) is 16.8 Å². The van der Waals surface area contributed by atoms with Gasteiger partial charge in [-0.25, -0.2) is 21.6 Å². The van der Waals surface area contributed by atoms with Crippen LogP contribution in [-0.2, 0) is 19.9 Å². The van der Waals surface area contributed by atoms with Gasteiger partial charge in [0.1, 0.15) is 9.46 Å². The van der Waals surface area contributed by atoms with E-state index < -0.39 is 25.1 Å². The monoisotopic (exact) mass is 449 g/mol. The first-order chi connectivity index (χ1) is 13.7. The van der Waals surface area contributed by atoms with Crippen LogP contribution in [0.1, 0.15) is 36.1 Å². The van der Waals surface area contributed by atoms with E-state index in [2.05, 4.69) is 4.72 Å². The van der Waals surface area contributed by atoms with Crippen molar-refractivity contribution < 1.29 is 16.8 Å².